The summed E-state index contributed by atoms with van der Waals surface area (Å²) in [6, 6.07) is 7.59. The Morgan fingerprint density at radius 3 is 3.11 bits per heavy atom. The molecule has 1 saturated heterocycles. The molecule has 8 heteroatoms. The van der Waals surface area contributed by atoms with E-state index in [1.807, 2.05) is 31.2 Å². The fourth-order valence-corrected chi connectivity index (χ4v) is 3.81. The Labute approximate surface area is 160 Å². The Hall–Kier alpha value is -2.71. The Morgan fingerprint density at radius 2 is 2.37 bits per heavy atom. The molecule has 3 heterocycles. The van der Waals surface area contributed by atoms with Crippen LogP contribution in [0.15, 0.2) is 36.7 Å². The molecular weight excluding hydrogens is 364 g/mol. The quantitative estimate of drug-likeness (QED) is 0.701. The van der Waals surface area contributed by atoms with E-state index in [2.05, 4.69) is 20.6 Å². The van der Waals surface area contributed by atoms with Crippen molar-refractivity contribution < 1.29 is 14.3 Å². The smallest absolute Gasteiger partial charge is 0.321 e. The number of hydrogen-bond acceptors (Lipinski definition) is 6. The van der Waals surface area contributed by atoms with Gasteiger partial charge in [0.25, 0.3) is 0 Å². The van der Waals surface area contributed by atoms with E-state index in [-0.39, 0.29) is 12.1 Å². The maximum Gasteiger partial charge on any atom is 0.321 e. The number of nitrogens with zero attached hydrogens (tertiary/aromatic N) is 2. The van der Waals surface area contributed by atoms with Crippen LogP contribution in [-0.4, -0.2) is 41.9 Å². The van der Waals surface area contributed by atoms with Gasteiger partial charge >= 0.3 is 6.03 Å². The summed E-state index contributed by atoms with van der Waals surface area (Å²) >= 11 is 1.42. The number of ether oxygens (including phenoxy) is 2. The van der Waals surface area contributed by atoms with Gasteiger partial charge < -0.3 is 14.8 Å². The van der Waals surface area contributed by atoms with Gasteiger partial charge in [0.2, 0.25) is 0 Å². The first-order valence-electron chi connectivity index (χ1n) is 8.87. The van der Waals surface area contributed by atoms with Crippen molar-refractivity contribution in [2.75, 3.05) is 25.1 Å². The van der Waals surface area contributed by atoms with Crippen molar-refractivity contribution in [2.24, 2.45) is 0 Å². The number of pyridine rings is 1. The highest BCUT2D eigenvalue weighted by atomic mass is 32.1. The molecule has 0 bridgehead atoms. The first-order valence-corrected chi connectivity index (χ1v) is 9.69. The van der Waals surface area contributed by atoms with Gasteiger partial charge in [0.05, 0.1) is 23.4 Å². The van der Waals surface area contributed by atoms with E-state index in [0.717, 1.165) is 40.1 Å². The average molecular weight is 384 g/mol. The Kier molecular flexibility index (Phi) is 5.17. The summed E-state index contributed by atoms with van der Waals surface area (Å²) < 4.78 is 12.6. The molecule has 1 aliphatic rings. The summed E-state index contributed by atoms with van der Waals surface area (Å²) in [5.41, 5.74) is 2.69. The fourth-order valence-electron chi connectivity index (χ4n) is 2.94. The summed E-state index contributed by atoms with van der Waals surface area (Å²) in [5, 5.41) is 6.02. The number of thiazole rings is 1. The van der Waals surface area contributed by atoms with Crippen molar-refractivity contribution in [3.8, 4) is 16.9 Å². The monoisotopic (exact) mass is 384 g/mol. The molecule has 3 aromatic rings. The number of carbonyl (C=O) groups excluding carboxylic acids is 1. The van der Waals surface area contributed by atoms with Crippen molar-refractivity contribution >= 4 is 32.7 Å². The van der Waals surface area contributed by atoms with Crippen molar-refractivity contribution in [2.45, 2.75) is 19.4 Å². The third-order valence-corrected chi connectivity index (χ3v) is 5.14. The Balaban J connectivity index is 1.72. The van der Waals surface area contributed by atoms with Gasteiger partial charge in [-0.2, -0.15) is 0 Å². The van der Waals surface area contributed by atoms with Crippen LogP contribution in [0.5, 0.6) is 5.75 Å². The van der Waals surface area contributed by atoms with Crippen LogP contribution < -0.4 is 15.4 Å². The number of urea groups is 1. The van der Waals surface area contributed by atoms with E-state index in [4.69, 9.17) is 9.47 Å². The van der Waals surface area contributed by atoms with Crippen molar-refractivity contribution in [3.05, 3.63) is 36.7 Å². The maximum atomic E-state index is 11.8. The van der Waals surface area contributed by atoms with Crippen LogP contribution in [0.1, 0.15) is 13.3 Å². The SMILES string of the molecule is CCNC(=O)Nc1nc2cc(-c3cccnc3)c(O[C@H]3CCOC3)cc2s1. The molecule has 1 atom stereocenters. The third kappa shape index (κ3) is 4.01. The molecule has 0 unspecified atom stereocenters. The molecule has 0 radical (unpaired) electrons. The second-order valence-corrected chi connectivity index (χ2v) is 7.20. The lowest BCUT2D eigenvalue weighted by atomic mass is 10.1. The van der Waals surface area contributed by atoms with Gasteiger partial charge in [-0.3, -0.25) is 10.3 Å². The lowest BCUT2D eigenvalue weighted by molar-refractivity contribution is 0.142. The molecule has 2 amide bonds. The van der Waals surface area contributed by atoms with E-state index in [9.17, 15) is 4.79 Å². The Morgan fingerprint density at radius 1 is 1.44 bits per heavy atom. The first-order chi connectivity index (χ1) is 13.2. The van der Waals surface area contributed by atoms with Gasteiger partial charge in [0.15, 0.2) is 5.13 Å². The minimum Gasteiger partial charge on any atom is -0.487 e. The number of hydrogen-bond donors (Lipinski definition) is 2. The molecule has 140 valence electrons. The van der Waals surface area contributed by atoms with Gasteiger partial charge in [0, 0.05) is 42.6 Å². The predicted octanol–water partition coefficient (Wildman–Crippen LogP) is 3.67. The molecule has 1 fully saturated rings. The molecule has 27 heavy (non-hydrogen) atoms. The van der Waals surface area contributed by atoms with E-state index >= 15 is 0 Å². The molecule has 0 aliphatic carbocycles. The summed E-state index contributed by atoms with van der Waals surface area (Å²) in [6.07, 6.45) is 4.46. The van der Waals surface area contributed by atoms with Gasteiger partial charge in [0.1, 0.15) is 11.9 Å². The van der Waals surface area contributed by atoms with E-state index in [1.54, 1.807) is 12.4 Å². The lowest BCUT2D eigenvalue weighted by Crippen LogP contribution is -2.28. The number of aromatic nitrogens is 2. The lowest BCUT2D eigenvalue weighted by Gasteiger charge is -2.15. The topological polar surface area (TPSA) is 85.4 Å². The molecular formula is C19H20N4O3S. The Bertz CT molecular complexity index is 939. The summed E-state index contributed by atoms with van der Waals surface area (Å²) in [7, 11) is 0. The molecule has 4 rings (SSSR count). The third-order valence-electron chi connectivity index (χ3n) is 4.20. The van der Waals surface area contributed by atoms with Gasteiger partial charge in [-0.15, -0.1) is 0 Å². The molecule has 1 aliphatic heterocycles. The van der Waals surface area contributed by atoms with Gasteiger partial charge in [-0.25, -0.2) is 9.78 Å². The first kappa shape index (κ1) is 17.7. The molecule has 2 aromatic heterocycles. The van der Waals surface area contributed by atoms with Gasteiger partial charge in [-0.05, 0) is 19.1 Å². The predicted molar refractivity (Wildman–Crippen MR) is 105 cm³/mol. The number of amides is 2. The van der Waals surface area contributed by atoms with Crippen molar-refractivity contribution in [3.63, 3.8) is 0 Å². The minimum atomic E-state index is -0.261. The second kappa shape index (κ2) is 7.89. The number of nitrogens with one attached hydrogen (secondary N) is 2. The van der Waals surface area contributed by atoms with Crippen molar-refractivity contribution in [1.29, 1.82) is 0 Å². The molecule has 1 aromatic carbocycles. The highest BCUT2D eigenvalue weighted by Crippen LogP contribution is 2.38. The zero-order valence-electron chi connectivity index (χ0n) is 14.9. The van der Waals surface area contributed by atoms with Crippen LogP contribution in [0.25, 0.3) is 21.3 Å². The number of rotatable bonds is 5. The molecule has 0 spiro atoms. The van der Waals surface area contributed by atoms with E-state index in [0.29, 0.717) is 18.3 Å². The number of anilines is 1. The normalized spacial score (nSPS) is 16.4. The van der Waals surface area contributed by atoms with Crippen LogP contribution >= 0.6 is 11.3 Å². The van der Waals surface area contributed by atoms with Crippen LogP contribution in [0, 0.1) is 0 Å². The number of fused-ring (bicyclic) bond motifs is 1. The molecule has 2 N–H and O–H groups in total. The minimum absolute atomic E-state index is 0.0405. The summed E-state index contributed by atoms with van der Waals surface area (Å²) in [4.78, 5) is 20.5. The fraction of sp³-hybridized carbons (Fsp3) is 0.316. The van der Waals surface area contributed by atoms with E-state index < -0.39 is 0 Å². The summed E-state index contributed by atoms with van der Waals surface area (Å²) in [6.45, 7) is 3.74. The van der Waals surface area contributed by atoms with Crippen LogP contribution in [-0.2, 0) is 4.74 Å². The number of benzene rings is 1. The van der Waals surface area contributed by atoms with Crippen molar-refractivity contribution in [1.82, 2.24) is 15.3 Å². The zero-order valence-corrected chi connectivity index (χ0v) is 15.7. The van der Waals surface area contributed by atoms with E-state index in [1.165, 1.54) is 11.3 Å². The van der Waals surface area contributed by atoms with Crippen LogP contribution in [0.4, 0.5) is 9.93 Å². The molecule has 7 nitrogen and oxygen atoms in total. The molecule has 0 saturated carbocycles. The largest absolute Gasteiger partial charge is 0.487 e. The summed E-state index contributed by atoms with van der Waals surface area (Å²) in [5.74, 6) is 0.777. The zero-order chi connectivity index (χ0) is 18.6. The number of carbonyl (C=O) groups is 1. The van der Waals surface area contributed by atoms with Gasteiger partial charge in [-0.1, -0.05) is 17.4 Å². The average Bonchev–Trinajstić information content (AvgIpc) is 3.31. The van der Waals surface area contributed by atoms with Crippen LogP contribution in [0.3, 0.4) is 0 Å². The maximum absolute atomic E-state index is 11.8. The standard InChI is InChI=1S/C19H20N4O3S/c1-2-21-18(24)23-19-22-15-8-14(12-4-3-6-20-10-12)16(9-17(15)27-19)26-13-5-7-25-11-13/h3-4,6,8-10,13H,2,5,7,11H2,1H3,(H2,21,22,23,24)/t13-/m0/s1. The second-order valence-electron chi connectivity index (χ2n) is 6.16. The highest BCUT2D eigenvalue weighted by molar-refractivity contribution is 7.22. The van der Waals surface area contributed by atoms with Crippen LogP contribution in [0.2, 0.25) is 0 Å². The highest BCUT2D eigenvalue weighted by Gasteiger charge is 2.20.